The Balaban J connectivity index is 0.00000176. The molecule has 1 atom stereocenters. The van der Waals surface area contributed by atoms with Crippen molar-refractivity contribution in [3.63, 3.8) is 0 Å². The van der Waals surface area contributed by atoms with Crippen LogP contribution >= 0.6 is 12.4 Å². The van der Waals surface area contributed by atoms with Crippen LogP contribution in [0.15, 0.2) is 24.3 Å². The summed E-state index contributed by atoms with van der Waals surface area (Å²) < 4.78 is 5.48. The lowest BCUT2D eigenvalue weighted by atomic mass is 9.99. The Morgan fingerprint density at radius 1 is 1.18 bits per heavy atom. The van der Waals surface area contributed by atoms with E-state index in [0.29, 0.717) is 0 Å². The number of benzene rings is 1. The third-order valence-electron chi connectivity index (χ3n) is 4.71. The molecule has 2 saturated heterocycles. The van der Waals surface area contributed by atoms with E-state index in [2.05, 4.69) is 33.3 Å². The number of para-hydroxylation sites is 2. The lowest BCUT2D eigenvalue weighted by Crippen LogP contribution is -2.49. The molecule has 0 spiro atoms. The molecular weight excluding hydrogens is 298 g/mol. The summed E-state index contributed by atoms with van der Waals surface area (Å²) in [6, 6.07) is 8.35. The van der Waals surface area contributed by atoms with Gasteiger partial charge < -0.3 is 15.0 Å². The third-order valence-corrected chi connectivity index (χ3v) is 4.71. The van der Waals surface area contributed by atoms with Crippen LogP contribution in [-0.4, -0.2) is 57.8 Å². The second-order valence-electron chi connectivity index (χ2n) is 6.17. The van der Waals surface area contributed by atoms with E-state index >= 15 is 0 Å². The van der Waals surface area contributed by atoms with Gasteiger partial charge in [0, 0.05) is 32.7 Å². The number of halogens is 1. The second-order valence-corrected chi connectivity index (χ2v) is 6.17. The summed E-state index contributed by atoms with van der Waals surface area (Å²) in [5.74, 6) is 1.83. The number of anilines is 1. The smallest absolute Gasteiger partial charge is 0.142 e. The average Bonchev–Trinajstić information content (AvgIpc) is 2.56. The standard InChI is InChI=1S/C17H27N3O.ClH/c1-21-17-7-3-2-6-16(17)20-11-9-19(10-12-20)14-15-5-4-8-18-13-15;/h2-3,6-7,15,18H,4-5,8-14H2,1H3;1H. The summed E-state index contributed by atoms with van der Waals surface area (Å²) >= 11 is 0. The number of methoxy groups -OCH3 is 1. The minimum absolute atomic E-state index is 0. The van der Waals surface area contributed by atoms with E-state index in [0.717, 1.165) is 37.8 Å². The number of nitrogens with one attached hydrogen (secondary N) is 1. The molecule has 0 aliphatic carbocycles. The highest BCUT2D eigenvalue weighted by atomic mass is 35.5. The first kappa shape index (κ1) is 17.4. The lowest BCUT2D eigenvalue weighted by Gasteiger charge is -2.38. The Kier molecular flexibility index (Phi) is 6.80. The summed E-state index contributed by atoms with van der Waals surface area (Å²) in [4.78, 5) is 5.08. The van der Waals surface area contributed by atoms with Gasteiger partial charge in [0.2, 0.25) is 0 Å². The van der Waals surface area contributed by atoms with Crippen LogP contribution in [0.25, 0.3) is 0 Å². The average molecular weight is 326 g/mol. The predicted octanol–water partition coefficient (Wildman–Crippen LogP) is 2.24. The highest BCUT2D eigenvalue weighted by Crippen LogP contribution is 2.28. The second kappa shape index (κ2) is 8.61. The van der Waals surface area contributed by atoms with Gasteiger partial charge in [-0.05, 0) is 44.0 Å². The number of hydrogen-bond acceptors (Lipinski definition) is 4. The van der Waals surface area contributed by atoms with Crippen molar-refractivity contribution in [2.75, 3.05) is 57.8 Å². The van der Waals surface area contributed by atoms with Crippen LogP contribution in [0.1, 0.15) is 12.8 Å². The predicted molar refractivity (Wildman–Crippen MR) is 94.5 cm³/mol. The van der Waals surface area contributed by atoms with Gasteiger partial charge in [-0.2, -0.15) is 0 Å². The Morgan fingerprint density at radius 3 is 2.64 bits per heavy atom. The first-order valence-electron chi connectivity index (χ1n) is 8.18. The number of hydrogen-bond donors (Lipinski definition) is 1. The molecule has 2 heterocycles. The zero-order valence-corrected chi connectivity index (χ0v) is 14.3. The van der Waals surface area contributed by atoms with E-state index in [-0.39, 0.29) is 12.4 Å². The number of rotatable bonds is 4. The Morgan fingerprint density at radius 2 is 1.95 bits per heavy atom. The van der Waals surface area contributed by atoms with Gasteiger partial charge in [0.05, 0.1) is 12.8 Å². The molecule has 3 rings (SSSR count). The zero-order chi connectivity index (χ0) is 14.5. The fourth-order valence-corrected chi connectivity index (χ4v) is 3.51. The van der Waals surface area contributed by atoms with Crippen molar-refractivity contribution < 1.29 is 4.74 Å². The van der Waals surface area contributed by atoms with Gasteiger partial charge in [0.1, 0.15) is 5.75 Å². The number of piperazine rings is 1. The van der Waals surface area contributed by atoms with Crippen LogP contribution < -0.4 is 15.0 Å². The van der Waals surface area contributed by atoms with E-state index in [1.807, 2.05) is 6.07 Å². The first-order chi connectivity index (χ1) is 10.4. The maximum atomic E-state index is 5.48. The maximum Gasteiger partial charge on any atom is 0.142 e. The van der Waals surface area contributed by atoms with Crippen LogP contribution in [0.4, 0.5) is 5.69 Å². The van der Waals surface area contributed by atoms with Crippen LogP contribution in [0.3, 0.4) is 0 Å². The Bertz CT molecular complexity index is 443. The molecule has 2 fully saturated rings. The molecule has 22 heavy (non-hydrogen) atoms. The summed E-state index contributed by atoms with van der Waals surface area (Å²) in [7, 11) is 1.76. The third kappa shape index (κ3) is 4.28. The molecule has 1 aromatic rings. The van der Waals surface area contributed by atoms with Gasteiger partial charge in [-0.1, -0.05) is 12.1 Å². The maximum absolute atomic E-state index is 5.48. The topological polar surface area (TPSA) is 27.7 Å². The highest BCUT2D eigenvalue weighted by Gasteiger charge is 2.22. The quantitative estimate of drug-likeness (QED) is 0.919. The van der Waals surface area contributed by atoms with Crippen molar-refractivity contribution in [1.29, 1.82) is 0 Å². The minimum atomic E-state index is 0. The summed E-state index contributed by atoms with van der Waals surface area (Å²) in [5, 5.41) is 3.52. The fourth-order valence-electron chi connectivity index (χ4n) is 3.51. The van der Waals surface area contributed by atoms with E-state index < -0.39 is 0 Å². The first-order valence-corrected chi connectivity index (χ1v) is 8.18. The van der Waals surface area contributed by atoms with Gasteiger partial charge in [-0.3, -0.25) is 4.90 Å². The monoisotopic (exact) mass is 325 g/mol. The van der Waals surface area contributed by atoms with Crippen LogP contribution in [-0.2, 0) is 0 Å². The van der Waals surface area contributed by atoms with Crippen molar-refractivity contribution in [2.24, 2.45) is 5.92 Å². The molecule has 0 amide bonds. The van der Waals surface area contributed by atoms with Gasteiger partial charge >= 0.3 is 0 Å². The lowest BCUT2D eigenvalue weighted by molar-refractivity contribution is 0.198. The van der Waals surface area contributed by atoms with Crippen molar-refractivity contribution >= 4 is 18.1 Å². The van der Waals surface area contributed by atoms with Gasteiger partial charge in [-0.25, -0.2) is 0 Å². The molecule has 0 aromatic heterocycles. The number of nitrogens with zero attached hydrogens (tertiary/aromatic N) is 2. The zero-order valence-electron chi connectivity index (χ0n) is 13.5. The van der Waals surface area contributed by atoms with Crippen molar-refractivity contribution in [2.45, 2.75) is 12.8 Å². The normalized spacial score (nSPS) is 23.0. The molecule has 0 bridgehead atoms. The molecule has 0 saturated carbocycles. The summed E-state index contributed by atoms with van der Waals surface area (Å²) in [5.41, 5.74) is 1.24. The molecule has 1 unspecified atom stereocenters. The highest BCUT2D eigenvalue weighted by molar-refractivity contribution is 5.85. The molecule has 0 radical (unpaired) electrons. The fraction of sp³-hybridized carbons (Fsp3) is 0.647. The van der Waals surface area contributed by atoms with Gasteiger partial charge in [0.25, 0.3) is 0 Å². The largest absolute Gasteiger partial charge is 0.495 e. The molecule has 5 heteroatoms. The van der Waals surface area contributed by atoms with Crippen molar-refractivity contribution in [3.8, 4) is 5.75 Å². The molecule has 2 aliphatic heterocycles. The van der Waals surface area contributed by atoms with E-state index in [1.54, 1.807) is 7.11 Å². The SMILES string of the molecule is COc1ccccc1N1CCN(CC2CCCNC2)CC1.Cl. The molecule has 2 aliphatic rings. The molecular formula is C17H28ClN3O. The molecule has 124 valence electrons. The van der Waals surface area contributed by atoms with Crippen LogP contribution in [0.2, 0.25) is 0 Å². The molecule has 4 nitrogen and oxygen atoms in total. The van der Waals surface area contributed by atoms with Gasteiger partial charge in [-0.15, -0.1) is 12.4 Å². The van der Waals surface area contributed by atoms with E-state index in [9.17, 15) is 0 Å². The van der Waals surface area contributed by atoms with Crippen molar-refractivity contribution in [1.82, 2.24) is 10.2 Å². The minimum Gasteiger partial charge on any atom is -0.495 e. The van der Waals surface area contributed by atoms with E-state index in [1.165, 1.54) is 38.2 Å². The van der Waals surface area contributed by atoms with Crippen LogP contribution in [0.5, 0.6) is 5.75 Å². The number of ether oxygens (including phenoxy) is 1. The van der Waals surface area contributed by atoms with E-state index in [4.69, 9.17) is 4.74 Å². The summed E-state index contributed by atoms with van der Waals surface area (Å²) in [6.45, 7) is 8.18. The Hall–Kier alpha value is -0.970. The van der Waals surface area contributed by atoms with Crippen LogP contribution in [0, 0.1) is 5.92 Å². The molecule has 1 N–H and O–H groups in total. The summed E-state index contributed by atoms with van der Waals surface area (Å²) in [6.07, 6.45) is 2.73. The Labute approximate surface area is 140 Å². The van der Waals surface area contributed by atoms with Crippen molar-refractivity contribution in [3.05, 3.63) is 24.3 Å². The van der Waals surface area contributed by atoms with Gasteiger partial charge in [0.15, 0.2) is 0 Å². The molecule has 1 aromatic carbocycles. The number of piperidine rings is 1.